The van der Waals surface area contributed by atoms with Gasteiger partial charge in [0.2, 0.25) is 17.1 Å². The molecule has 156 valence electrons. The van der Waals surface area contributed by atoms with E-state index >= 15 is 0 Å². The van der Waals surface area contributed by atoms with E-state index in [1.165, 1.54) is 21.3 Å². The van der Waals surface area contributed by atoms with Crippen LogP contribution in [0.5, 0.6) is 17.2 Å². The van der Waals surface area contributed by atoms with Gasteiger partial charge in [-0.2, -0.15) is 15.8 Å². The van der Waals surface area contributed by atoms with Crippen LogP contribution in [-0.2, 0) is 9.47 Å². The molecule has 9 heteroatoms. The van der Waals surface area contributed by atoms with Crippen molar-refractivity contribution >= 4 is 5.90 Å². The monoisotopic (exact) mass is 410 g/mol. The Kier molecular flexibility index (Phi) is 5.02. The summed E-state index contributed by atoms with van der Waals surface area (Å²) in [5, 5.41) is 39.1. The zero-order valence-corrected chi connectivity index (χ0v) is 17.4. The number of nitrogens with zero attached hydrogens (tertiary/aromatic N) is 3. The molecule has 1 N–H and O–H groups in total. The molecule has 2 fully saturated rings. The number of rotatable bonds is 5. The van der Waals surface area contributed by atoms with Crippen molar-refractivity contribution < 1.29 is 23.7 Å². The van der Waals surface area contributed by atoms with Crippen LogP contribution in [0.15, 0.2) is 12.1 Å². The summed E-state index contributed by atoms with van der Waals surface area (Å²) in [4.78, 5) is 0. The Morgan fingerprint density at radius 2 is 1.57 bits per heavy atom. The fourth-order valence-corrected chi connectivity index (χ4v) is 4.76. The van der Waals surface area contributed by atoms with Crippen LogP contribution in [0.25, 0.3) is 0 Å². The number of nitrogens with one attached hydrogen (secondary N) is 1. The molecule has 4 unspecified atom stereocenters. The average molecular weight is 410 g/mol. The molecule has 3 rings (SSSR count). The van der Waals surface area contributed by atoms with Gasteiger partial charge in [-0.25, -0.2) is 0 Å². The lowest BCUT2D eigenvalue weighted by molar-refractivity contribution is -0.273. The maximum absolute atomic E-state index is 10.2. The second-order valence-electron chi connectivity index (χ2n) is 7.31. The molecular formula is C21H22N4O5. The minimum atomic E-state index is -2.07. The van der Waals surface area contributed by atoms with Gasteiger partial charge in [-0.1, -0.05) is 6.92 Å². The normalized spacial score (nSPS) is 30.9. The third-order valence-electron chi connectivity index (χ3n) is 6.14. The molecule has 0 spiro atoms. The maximum atomic E-state index is 10.2. The Balaban J connectivity index is 2.38. The number of fused-ring (bicyclic) bond motifs is 2. The molecule has 2 aliphatic heterocycles. The number of hydrogen-bond donors (Lipinski definition) is 1. The number of nitriles is 3. The van der Waals surface area contributed by atoms with Crippen LogP contribution in [0.4, 0.5) is 0 Å². The van der Waals surface area contributed by atoms with Gasteiger partial charge in [-0.15, -0.1) is 0 Å². The van der Waals surface area contributed by atoms with Crippen molar-refractivity contribution in [2.45, 2.75) is 32.2 Å². The minimum Gasteiger partial charge on any atom is -0.496 e. The van der Waals surface area contributed by atoms with Crippen molar-refractivity contribution in [2.75, 3.05) is 21.3 Å². The number of ether oxygens (including phenoxy) is 5. The van der Waals surface area contributed by atoms with Crippen LogP contribution >= 0.6 is 0 Å². The highest BCUT2D eigenvalue weighted by atomic mass is 16.7. The summed E-state index contributed by atoms with van der Waals surface area (Å²) in [5.74, 6) is -1.51. The molecule has 2 saturated heterocycles. The van der Waals surface area contributed by atoms with Gasteiger partial charge in [0.1, 0.15) is 11.9 Å². The number of methoxy groups -OCH3 is 3. The summed E-state index contributed by atoms with van der Waals surface area (Å²) in [6.07, 6.45) is -0.884. The topological polar surface area (TPSA) is 141 Å². The van der Waals surface area contributed by atoms with E-state index in [0.29, 0.717) is 23.5 Å². The van der Waals surface area contributed by atoms with Crippen molar-refractivity contribution in [3.05, 3.63) is 17.7 Å². The Morgan fingerprint density at radius 3 is 2.03 bits per heavy atom. The van der Waals surface area contributed by atoms with Gasteiger partial charge in [-0.3, -0.25) is 5.41 Å². The predicted octanol–water partition coefficient (Wildman–Crippen LogP) is 3.08. The Bertz CT molecular complexity index is 1010. The molecular weight excluding hydrogens is 388 g/mol. The molecule has 9 nitrogen and oxygen atoms in total. The van der Waals surface area contributed by atoms with Gasteiger partial charge in [0.05, 0.1) is 45.5 Å². The lowest BCUT2D eigenvalue weighted by atomic mass is 9.53. The first-order valence-electron chi connectivity index (χ1n) is 9.28. The first kappa shape index (κ1) is 21.2. The van der Waals surface area contributed by atoms with Crippen LogP contribution in [-0.4, -0.2) is 33.0 Å². The van der Waals surface area contributed by atoms with E-state index in [2.05, 4.69) is 6.07 Å². The van der Waals surface area contributed by atoms with E-state index in [-0.39, 0.29) is 5.75 Å². The minimum absolute atomic E-state index is 0.282. The predicted molar refractivity (Wildman–Crippen MR) is 103 cm³/mol. The van der Waals surface area contributed by atoms with Gasteiger partial charge in [-0.05, 0) is 12.5 Å². The second-order valence-corrected chi connectivity index (χ2v) is 7.31. The van der Waals surface area contributed by atoms with E-state index in [1.807, 2.05) is 12.1 Å². The van der Waals surface area contributed by atoms with Gasteiger partial charge in [0.25, 0.3) is 0 Å². The van der Waals surface area contributed by atoms with E-state index in [4.69, 9.17) is 29.1 Å². The maximum Gasteiger partial charge on any atom is 0.214 e. The Hall–Kier alpha value is -3.48. The summed E-state index contributed by atoms with van der Waals surface area (Å²) >= 11 is 0. The molecule has 1 aromatic rings. The molecule has 30 heavy (non-hydrogen) atoms. The van der Waals surface area contributed by atoms with E-state index in [0.717, 1.165) is 0 Å². The van der Waals surface area contributed by atoms with Gasteiger partial charge < -0.3 is 23.7 Å². The molecule has 0 aromatic heterocycles. The van der Waals surface area contributed by atoms with E-state index in [1.54, 1.807) is 26.0 Å². The average Bonchev–Trinajstić information content (AvgIpc) is 2.94. The smallest absolute Gasteiger partial charge is 0.214 e. The molecule has 2 aliphatic rings. The third kappa shape index (κ3) is 2.32. The molecule has 0 saturated carbocycles. The van der Waals surface area contributed by atoms with Gasteiger partial charge >= 0.3 is 0 Å². The highest BCUT2D eigenvalue weighted by molar-refractivity contribution is 5.89. The Labute approximate surface area is 174 Å². The van der Waals surface area contributed by atoms with Crippen LogP contribution in [0.3, 0.4) is 0 Å². The molecule has 0 amide bonds. The third-order valence-corrected chi connectivity index (χ3v) is 6.14. The van der Waals surface area contributed by atoms with Crippen molar-refractivity contribution in [3.63, 3.8) is 0 Å². The lowest BCUT2D eigenvalue weighted by Gasteiger charge is -2.48. The highest BCUT2D eigenvalue weighted by Crippen LogP contribution is 2.67. The lowest BCUT2D eigenvalue weighted by Crippen LogP contribution is -2.58. The fourth-order valence-electron chi connectivity index (χ4n) is 4.76. The number of hydrogen-bond acceptors (Lipinski definition) is 9. The zero-order chi connectivity index (χ0) is 22.3. The number of benzene rings is 1. The summed E-state index contributed by atoms with van der Waals surface area (Å²) in [5.41, 5.74) is -3.57. The summed E-state index contributed by atoms with van der Waals surface area (Å²) in [6, 6.07) is 9.21. The molecule has 0 aliphatic carbocycles. The largest absolute Gasteiger partial charge is 0.496 e. The summed E-state index contributed by atoms with van der Waals surface area (Å²) in [7, 11) is 4.35. The standard InChI is InChI=1S/C21H22N4O5/c1-6-16-19(2)29-17(12-7-14(27-4)15(28-5)8-13(12)26-3)20(9-22,10-23)21(16,11-24)18(25)30-19/h7-8,16-17,25H,6H2,1-5H3. The highest BCUT2D eigenvalue weighted by Gasteiger charge is 2.79. The van der Waals surface area contributed by atoms with E-state index < -0.39 is 34.5 Å². The van der Waals surface area contributed by atoms with Crippen LogP contribution in [0.2, 0.25) is 0 Å². The summed E-state index contributed by atoms with van der Waals surface area (Å²) in [6.45, 7) is 3.42. The fraction of sp³-hybridized carbons (Fsp3) is 0.524. The van der Waals surface area contributed by atoms with Crippen molar-refractivity contribution in [1.82, 2.24) is 0 Å². The molecule has 2 heterocycles. The van der Waals surface area contributed by atoms with E-state index in [9.17, 15) is 15.8 Å². The van der Waals surface area contributed by atoms with Crippen molar-refractivity contribution in [1.29, 1.82) is 21.2 Å². The molecule has 2 bridgehead atoms. The van der Waals surface area contributed by atoms with Gasteiger partial charge in [0, 0.05) is 18.6 Å². The quantitative estimate of drug-likeness (QED) is 0.780. The SMILES string of the molecule is CCC1C2(C)OC(=N)C1(C#N)C(C#N)(C#N)C(c1cc(OC)c(OC)cc1OC)O2. The van der Waals surface area contributed by atoms with Crippen LogP contribution < -0.4 is 14.2 Å². The zero-order valence-electron chi connectivity index (χ0n) is 17.4. The second kappa shape index (κ2) is 7.09. The van der Waals surface area contributed by atoms with Crippen LogP contribution in [0, 0.1) is 56.2 Å². The molecule has 4 atom stereocenters. The van der Waals surface area contributed by atoms with Gasteiger partial charge in [0.15, 0.2) is 16.9 Å². The first-order valence-corrected chi connectivity index (χ1v) is 9.28. The van der Waals surface area contributed by atoms with Crippen LogP contribution in [0.1, 0.15) is 31.9 Å². The van der Waals surface area contributed by atoms with Crippen molar-refractivity contribution in [3.8, 4) is 35.5 Å². The first-order chi connectivity index (χ1) is 14.3. The Morgan fingerprint density at radius 1 is 1.00 bits per heavy atom. The molecule has 1 aromatic carbocycles. The summed E-state index contributed by atoms with van der Waals surface area (Å²) < 4.78 is 28.1. The van der Waals surface area contributed by atoms with Crippen molar-refractivity contribution in [2.24, 2.45) is 16.7 Å². The molecule has 0 radical (unpaired) electrons.